The second kappa shape index (κ2) is 3.84. The van der Waals surface area contributed by atoms with Crippen LogP contribution in [0.25, 0.3) is 0 Å². The van der Waals surface area contributed by atoms with Crippen molar-refractivity contribution in [3.63, 3.8) is 0 Å². The molecule has 0 saturated heterocycles. The van der Waals surface area contributed by atoms with E-state index in [1.54, 1.807) is 0 Å². The van der Waals surface area contributed by atoms with Crippen LogP contribution >= 0.6 is 0 Å². The average molecular weight is 244 g/mol. The summed E-state index contributed by atoms with van der Waals surface area (Å²) in [6.07, 6.45) is 5.71. The first-order chi connectivity index (χ1) is 8.56. The molecule has 3 fully saturated rings. The molecule has 0 spiro atoms. The van der Waals surface area contributed by atoms with Crippen LogP contribution in [-0.2, 0) is 10.2 Å². The van der Waals surface area contributed by atoms with Gasteiger partial charge in [-0.05, 0) is 56.4 Å². The molecule has 1 aromatic carbocycles. The Morgan fingerprint density at radius 3 is 2.22 bits per heavy atom. The molecule has 18 heavy (non-hydrogen) atoms. The Balaban J connectivity index is 1.91. The summed E-state index contributed by atoms with van der Waals surface area (Å²) in [7, 11) is 0. The lowest BCUT2D eigenvalue weighted by Gasteiger charge is -2.51. The van der Waals surface area contributed by atoms with Crippen LogP contribution in [0.5, 0.6) is 0 Å². The predicted octanol–water partition coefficient (Wildman–Crippen LogP) is 3.67. The van der Waals surface area contributed by atoms with E-state index in [9.17, 15) is 9.90 Å². The highest BCUT2D eigenvalue weighted by molar-refractivity contribution is 5.75. The summed E-state index contributed by atoms with van der Waals surface area (Å²) >= 11 is 0. The van der Waals surface area contributed by atoms with E-state index < -0.39 is 11.4 Å². The van der Waals surface area contributed by atoms with Crippen molar-refractivity contribution in [1.82, 2.24) is 0 Å². The van der Waals surface area contributed by atoms with E-state index >= 15 is 0 Å². The first kappa shape index (κ1) is 11.8. The van der Waals surface area contributed by atoms with Crippen LogP contribution in [0.4, 0.5) is 0 Å². The fraction of sp³-hybridized carbons (Fsp3) is 0.562. The minimum absolute atomic E-state index is 0.267. The van der Waals surface area contributed by atoms with Gasteiger partial charge in [-0.25, -0.2) is 0 Å². The molecule has 0 unspecified atom stereocenters. The highest BCUT2D eigenvalue weighted by Crippen LogP contribution is 2.57. The second-order valence-electron chi connectivity index (χ2n) is 6.24. The topological polar surface area (TPSA) is 37.3 Å². The SMILES string of the molecule is Cc1cccc(C23CCC(C(=O)O)(CC2)CC3)c1. The summed E-state index contributed by atoms with van der Waals surface area (Å²) in [6, 6.07) is 8.78. The maximum Gasteiger partial charge on any atom is 0.309 e. The molecule has 2 nitrogen and oxygen atoms in total. The van der Waals surface area contributed by atoms with Crippen molar-refractivity contribution in [2.45, 2.75) is 50.9 Å². The first-order valence-corrected chi connectivity index (χ1v) is 6.87. The highest BCUT2D eigenvalue weighted by Gasteiger charge is 2.52. The molecule has 1 N–H and O–H groups in total. The van der Waals surface area contributed by atoms with E-state index in [4.69, 9.17) is 0 Å². The molecule has 0 amide bonds. The normalized spacial score (nSPS) is 34.5. The lowest BCUT2D eigenvalue weighted by molar-refractivity contribution is -0.156. The second-order valence-corrected chi connectivity index (χ2v) is 6.24. The predicted molar refractivity (Wildman–Crippen MR) is 70.6 cm³/mol. The van der Waals surface area contributed by atoms with Gasteiger partial charge >= 0.3 is 5.97 Å². The zero-order chi connectivity index (χ0) is 12.8. The van der Waals surface area contributed by atoms with Gasteiger partial charge in [-0.2, -0.15) is 0 Å². The Labute approximate surface area is 108 Å². The summed E-state index contributed by atoms with van der Waals surface area (Å²) in [5, 5.41) is 9.41. The van der Waals surface area contributed by atoms with E-state index in [0.29, 0.717) is 0 Å². The van der Waals surface area contributed by atoms with Gasteiger partial charge < -0.3 is 5.11 Å². The van der Waals surface area contributed by atoms with Crippen molar-refractivity contribution >= 4 is 5.97 Å². The monoisotopic (exact) mass is 244 g/mol. The number of carboxylic acid groups (broad SMARTS) is 1. The Bertz CT molecular complexity index is 465. The lowest BCUT2D eigenvalue weighted by Crippen LogP contribution is -2.47. The van der Waals surface area contributed by atoms with E-state index in [1.807, 2.05) is 0 Å². The minimum atomic E-state index is -0.569. The smallest absolute Gasteiger partial charge is 0.309 e. The molecule has 1 aromatic rings. The minimum Gasteiger partial charge on any atom is -0.481 e. The van der Waals surface area contributed by atoms with Gasteiger partial charge in [0.1, 0.15) is 0 Å². The Morgan fingerprint density at radius 2 is 1.72 bits per heavy atom. The van der Waals surface area contributed by atoms with E-state index in [0.717, 1.165) is 38.5 Å². The molecule has 0 heterocycles. The molecule has 3 aliphatic carbocycles. The molecule has 0 aliphatic heterocycles. The van der Waals surface area contributed by atoms with Crippen molar-refractivity contribution < 1.29 is 9.90 Å². The van der Waals surface area contributed by atoms with E-state index in [2.05, 4.69) is 31.2 Å². The van der Waals surface area contributed by atoms with Crippen LogP contribution in [-0.4, -0.2) is 11.1 Å². The van der Waals surface area contributed by atoms with Crippen LogP contribution in [0.3, 0.4) is 0 Å². The van der Waals surface area contributed by atoms with Crippen LogP contribution < -0.4 is 0 Å². The molecule has 2 heteroatoms. The zero-order valence-corrected chi connectivity index (χ0v) is 10.9. The standard InChI is InChI=1S/C16H20O2/c1-12-3-2-4-13(11-12)15-5-8-16(9-6-15,10-7-15)14(17)18/h2-4,11H,5-10H2,1H3,(H,17,18). The van der Waals surface area contributed by atoms with Gasteiger partial charge in [-0.3, -0.25) is 4.79 Å². The van der Waals surface area contributed by atoms with Gasteiger partial charge in [-0.1, -0.05) is 29.8 Å². The van der Waals surface area contributed by atoms with Gasteiger partial charge in [-0.15, -0.1) is 0 Å². The third-order valence-electron chi connectivity index (χ3n) is 5.33. The Morgan fingerprint density at radius 1 is 1.11 bits per heavy atom. The molecule has 96 valence electrons. The van der Waals surface area contributed by atoms with E-state index in [1.165, 1.54) is 11.1 Å². The summed E-state index contributed by atoms with van der Waals surface area (Å²) in [5.41, 5.74) is 2.61. The van der Waals surface area contributed by atoms with Crippen LogP contribution in [0.2, 0.25) is 0 Å². The number of rotatable bonds is 2. The number of aryl methyl sites for hydroxylation is 1. The molecule has 4 rings (SSSR count). The quantitative estimate of drug-likeness (QED) is 0.861. The van der Waals surface area contributed by atoms with Crippen molar-refractivity contribution in [3.05, 3.63) is 35.4 Å². The lowest BCUT2D eigenvalue weighted by atomic mass is 9.52. The van der Waals surface area contributed by atoms with Gasteiger partial charge in [0.25, 0.3) is 0 Å². The maximum absolute atomic E-state index is 11.4. The molecular formula is C16H20O2. The summed E-state index contributed by atoms with van der Waals surface area (Å²) < 4.78 is 0. The van der Waals surface area contributed by atoms with Crippen molar-refractivity contribution in [2.75, 3.05) is 0 Å². The summed E-state index contributed by atoms with van der Waals surface area (Å²) in [6.45, 7) is 2.13. The summed E-state index contributed by atoms with van der Waals surface area (Å²) in [4.78, 5) is 11.4. The number of carbonyl (C=O) groups is 1. The van der Waals surface area contributed by atoms with Crippen LogP contribution in [0.1, 0.15) is 49.7 Å². The van der Waals surface area contributed by atoms with Gasteiger partial charge in [0.15, 0.2) is 0 Å². The molecular weight excluding hydrogens is 224 g/mol. The zero-order valence-electron chi connectivity index (χ0n) is 10.9. The Hall–Kier alpha value is -1.31. The number of benzene rings is 1. The van der Waals surface area contributed by atoms with E-state index in [-0.39, 0.29) is 5.41 Å². The van der Waals surface area contributed by atoms with Crippen molar-refractivity contribution in [3.8, 4) is 0 Å². The van der Waals surface area contributed by atoms with Crippen molar-refractivity contribution in [2.24, 2.45) is 5.41 Å². The number of aliphatic carboxylic acids is 1. The number of hydrogen-bond donors (Lipinski definition) is 1. The molecule has 0 atom stereocenters. The summed E-state index contributed by atoms with van der Waals surface area (Å²) in [5.74, 6) is -0.569. The van der Waals surface area contributed by atoms with Crippen LogP contribution in [0.15, 0.2) is 24.3 Å². The third-order valence-corrected chi connectivity index (χ3v) is 5.33. The van der Waals surface area contributed by atoms with Crippen LogP contribution in [0, 0.1) is 12.3 Å². The average Bonchev–Trinajstić information content (AvgIpc) is 2.41. The fourth-order valence-corrected chi connectivity index (χ4v) is 3.91. The maximum atomic E-state index is 11.4. The molecule has 0 radical (unpaired) electrons. The van der Waals surface area contributed by atoms with Gasteiger partial charge in [0.05, 0.1) is 5.41 Å². The molecule has 0 aromatic heterocycles. The van der Waals surface area contributed by atoms with Gasteiger partial charge in [0.2, 0.25) is 0 Å². The fourth-order valence-electron chi connectivity index (χ4n) is 3.91. The Kier molecular flexibility index (Phi) is 2.51. The number of carboxylic acids is 1. The third kappa shape index (κ3) is 1.58. The molecule has 2 bridgehead atoms. The molecule has 3 aliphatic rings. The first-order valence-electron chi connectivity index (χ1n) is 6.87. The number of hydrogen-bond acceptors (Lipinski definition) is 1. The highest BCUT2D eigenvalue weighted by atomic mass is 16.4. The largest absolute Gasteiger partial charge is 0.481 e. The number of fused-ring (bicyclic) bond motifs is 3. The van der Waals surface area contributed by atoms with Crippen molar-refractivity contribution in [1.29, 1.82) is 0 Å². The molecule has 3 saturated carbocycles. The van der Waals surface area contributed by atoms with Gasteiger partial charge in [0, 0.05) is 0 Å².